The number of carboxylic acid groups (broad SMARTS) is 2. The number of benzene rings is 1. The number of H-pyrrole nitrogens is 1. The van der Waals surface area contributed by atoms with Crippen molar-refractivity contribution in [2.24, 2.45) is 5.92 Å². The molecular weight excluding hydrogens is 584 g/mol. The van der Waals surface area contributed by atoms with Crippen LogP contribution in [0, 0.1) is 5.92 Å². The standard InChI is InChI=1S/C27H30N6O11/c1-13(2)24(39)31-26-30-23-21(25(40)32-26)29-22(14-6-4-3-5-7-14)33(23)17-10-15(44-27(41)28-11-19(36)37)16(43-17)12-42-20(38)9-8-18(34)35/h3-7,13,15-17H,8-12H2,1-2H3,(H,28,41)(H,34,35)(H,36,37)(H2,30,31,32,39,40)/t15?,16-,17-/m1/s1. The number of rotatable bonds is 12. The van der Waals surface area contributed by atoms with Gasteiger partial charge in [0.1, 0.15) is 37.4 Å². The minimum Gasteiger partial charge on any atom is -0.481 e. The van der Waals surface area contributed by atoms with Gasteiger partial charge in [-0.1, -0.05) is 44.2 Å². The fraction of sp³-hybridized carbons (Fsp3) is 0.407. The normalized spacial score (nSPS) is 17.8. The average Bonchev–Trinajstić information content (AvgIpc) is 3.55. The average molecular weight is 615 g/mol. The summed E-state index contributed by atoms with van der Waals surface area (Å²) in [5.74, 6) is -4.02. The second-order valence-electron chi connectivity index (χ2n) is 10.0. The minimum absolute atomic E-state index is 0.0323. The first kappa shape index (κ1) is 31.6. The fourth-order valence-corrected chi connectivity index (χ4v) is 4.28. The van der Waals surface area contributed by atoms with E-state index in [-0.39, 0.29) is 29.4 Å². The van der Waals surface area contributed by atoms with Crippen LogP contribution in [0.3, 0.4) is 0 Å². The van der Waals surface area contributed by atoms with E-state index >= 15 is 0 Å². The highest BCUT2D eigenvalue weighted by Gasteiger charge is 2.42. The van der Waals surface area contributed by atoms with Crippen molar-refractivity contribution in [3.63, 3.8) is 0 Å². The summed E-state index contributed by atoms with van der Waals surface area (Å²) in [7, 11) is 0. The van der Waals surface area contributed by atoms with Gasteiger partial charge < -0.3 is 29.7 Å². The van der Waals surface area contributed by atoms with E-state index in [9.17, 15) is 28.8 Å². The maximum Gasteiger partial charge on any atom is 0.408 e. The van der Waals surface area contributed by atoms with Crippen LogP contribution in [0.25, 0.3) is 22.6 Å². The maximum atomic E-state index is 13.1. The van der Waals surface area contributed by atoms with E-state index in [2.05, 4.69) is 25.6 Å². The molecular formula is C27H30N6O11. The third-order valence-corrected chi connectivity index (χ3v) is 6.41. The van der Waals surface area contributed by atoms with Gasteiger partial charge in [-0.25, -0.2) is 9.78 Å². The molecule has 1 aliphatic rings. The molecule has 0 radical (unpaired) electrons. The van der Waals surface area contributed by atoms with Crippen molar-refractivity contribution in [2.75, 3.05) is 18.5 Å². The molecule has 0 saturated carbocycles. The van der Waals surface area contributed by atoms with Gasteiger partial charge in [0, 0.05) is 17.9 Å². The molecule has 17 heteroatoms. The smallest absolute Gasteiger partial charge is 0.408 e. The Balaban J connectivity index is 1.72. The maximum absolute atomic E-state index is 13.1. The summed E-state index contributed by atoms with van der Waals surface area (Å²) < 4.78 is 18.2. The number of aromatic amines is 1. The predicted molar refractivity (Wildman–Crippen MR) is 149 cm³/mol. The predicted octanol–water partition coefficient (Wildman–Crippen LogP) is 1.26. The number of carbonyl (C=O) groups excluding carboxylic acids is 3. The van der Waals surface area contributed by atoms with Gasteiger partial charge in [0.25, 0.3) is 5.56 Å². The number of aromatic nitrogens is 4. The molecule has 2 aromatic heterocycles. The summed E-state index contributed by atoms with van der Waals surface area (Å²) >= 11 is 0. The second kappa shape index (κ2) is 13.8. The number of aliphatic carboxylic acids is 2. The van der Waals surface area contributed by atoms with Crippen molar-refractivity contribution in [2.45, 2.75) is 51.5 Å². The van der Waals surface area contributed by atoms with Crippen molar-refractivity contribution >= 4 is 47.0 Å². The molecule has 0 spiro atoms. The van der Waals surface area contributed by atoms with E-state index in [1.54, 1.807) is 44.2 Å². The molecule has 1 unspecified atom stereocenters. The summed E-state index contributed by atoms with van der Waals surface area (Å²) in [4.78, 5) is 83.0. The van der Waals surface area contributed by atoms with Crippen LogP contribution in [0.1, 0.15) is 39.3 Å². The molecule has 44 heavy (non-hydrogen) atoms. The van der Waals surface area contributed by atoms with E-state index in [0.717, 1.165) is 0 Å². The van der Waals surface area contributed by atoms with Crippen LogP contribution >= 0.6 is 0 Å². The van der Waals surface area contributed by atoms with Gasteiger partial charge in [0.05, 0.1) is 12.8 Å². The number of hydrogen-bond acceptors (Lipinski definition) is 11. The van der Waals surface area contributed by atoms with E-state index in [1.165, 1.54) is 4.57 Å². The number of amides is 2. The summed E-state index contributed by atoms with van der Waals surface area (Å²) in [5.41, 5.74) is -0.116. The van der Waals surface area contributed by atoms with Gasteiger partial charge in [-0.05, 0) is 0 Å². The third-order valence-electron chi connectivity index (χ3n) is 6.41. The van der Waals surface area contributed by atoms with Gasteiger partial charge in [-0.2, -0.15) is 4.98 Å². The SMILES string of the molecule is CC(C)C(=O)Nc1nc2c(nc(-c3ccccc3)n2[C@H]2CC(OC(=O)NCC(=O)O)[C@@H](COC(=O)CCC(=O)O)O2)c(=O)[nH]1. The summed E-state index contributed by atoms with van der Waals surface area (Å²) in [6.45, 7) is 2.17. The highest BCUT2D eigenvalue weighted by Crippen LogP contribution is 2.36. The number of alkyl carbamates (subject to hydrolysis) is 1. The third kappa shape index (κ3) is 7.74. The quantitative estimate of drug-likeness (QED) is 0.181. The largest absolute Gasteiger partial charge is 0.481 e. The Morgan fingerprint density at radius 2 is 1.82 bits per heavy atom. The molecule has 1 aromatic carbocycles. The lowest BCUT2D eigenvalue weighted by Gasteiger charge is -2.19. The van der Waals surface area contributed by atoms with Crippen LogP contribution in [0.5, 0.6) is 0 Å². The van der Waals surface area contributed by atoms with Crippen molar-refractivity contribution in [3.8, 4) is 11.4 Å². The minimum atomic E-state index is -1.31. The number of carbonyl (C=O) groups is 5. The zero-order valence-corrected chi connectivity index (χ0v) is 23.6. The Labute approximate surface area is 248 Å². The first-order chi connectivity index (χ1) is 20.9. The van der Waals surface area contributed by atoms with Gasteiger partial charge in [-0.3, -0.25) is 38.8 Å². The van der Waals surface area contributed by atoms with Crippen LogP contribution in [0.2, 0.25) is 0 Å². The second-order valence-corrected chi connectivity index (χ2v) is 10.0. The molecule has 234 valence electrons. The molecule has 4 rings (SSSR count). The van der Waals surface area contributed by atoms with E-state index in [4.69, 9.17) is 24.4 Å². The van der Waals surface area contributed by atoms with Crippen LogP contribution in [0.4, 0.5) is 10.7 Å². The first-order valence-corrected chi connectivity index (χ1v) is 13.5. The number of carboxylic acids is 2. The molecule has 3 heterocycles. The lowest BCUT2D eigenvalue weighted by Crippen LogP contribution is -2.37. The number of hydrogen-bond donors (Lipinski definition) is 5. The molecule has 0 aliphatic carbocycles. The molecule has 17 nitrogen and oxygen atoms in total. The van der Waals surface area contributed by atoms with Crippen LogP contribution in [0.15, 0.2) is 35.1 Å². The number of ether oxygens (including phenoxy) is 3. The summed E-state index contributed by atoms with van der Waals surface area (Å²) in [6, 6.07) is 8.74. The van der Waals surface area contributed by atoms with Crippen LogP contribution in [-0.2, 0) is 33.4 Å². The number of fused-ring (bicyclic) bond motifs is 1. The van der Waals surface area contributed by atoms with E-state index in [1.807, 2.05) is 0 Å². The summed E-state index contributed by atoms with van der Waals surface area (Å²) in [5, 5.41) is 22.3. The molecule has 1 saturated heterocycles. The summed E-state index contributed by atoms with van der Waals surface area (Å²) in [6.07, 6.45) is -5.21. The van der Waals surface area contributed by atoms with Crippen LogP contribution < -0.4 is 16.2 Å². The number of imidazole rings is 1. The molecule has 1 fully saturated rings. The lowest BCUT2D eigenvalue weighted by molar-refractivity contribution is -0.152. The molecule has 5 N–H and O–H groups in total. The molecule has 3 atom stereocenters. The Kier molecular flexibility index (Phi) is 9.89. The molecule has 0 bridgehead atoms. The van der Waals surface area contributed by atoms with Gasteiger partial charge in [0.15, 0.2) is 11.2 Å². The van der Waals surface area contributed by atoms with Crippen LogP contribution in [-0.4, -0.2) is 85.0 Å². The van der Waals surface area contributed by atoms with Crippen molar-refractivity contribution in [1.82, 2.24) is 24.8 Å². The Hall–Kier alpha value is -5.32. The first-order valence-electron chi connectivity index (χ1n) is 13.5. The topological polar surface area (TPSA) is 241 Å². The molecule has 2 amide bonds. The fourth-order valence-electron chi connectivity index (χ4n) is 4.28. The molecule has 1 aliphatic heterocycles. The zero-order valence-electron chi connectivity index (χ0n) is 23.6. The number of nitrogens with zero attached hydrogens (tertiary/aromatic N) is 3. The van der Waals surface area contributed by atoms with E-state index in [0.29, 0.717) is 5.56 Å². The van der Waals surface area contributed by atoms with E-state index < -0.39 is 85.8 Å². The van der Waals surface area contributed by atoms with Gasteiger partial charge in [0.2, 0.25) is 11.9 Å². The highest BCUT2D eigenvalue weighted by molar-refractivity contribution is 5.91. The zero-order chi connectivity index (χ0) is 32.0. The number of esters is 1. The van der Waals surface area contributed by atoms with Gasteiger partial charge >= 0.3 is 24.0 Å². The van der Waals surface area contributed by atoms with Crippen molar-refractivity contribution in [1.29, 1.82) is 0 Å². The van der Waals surface area contributed by atoms with Crippen molar-refractivity contribution < 1.29 is 48.4 Å². The lowest BCUT2D eigenvalue weighted by atomic mass is 10.1. The molecule has 3 aromatic rings. The van der Waals surface area contributed by atoms with Gasteiger partial charge in [-0.15, -0.1) is 0 Å². The Morgan fingerprint density at radius 3 is 2.48 bits per heavy atom. The Morgan fingerprint density at radius 1 is 1.09 bits per heavy atom. The monoisotopic (exact) mass is 614 g/mol. The number of anilines is 1. The number of nitrogens with one attached hydrogen (secondary N) is 3. The van der Waals surface area contributed by atoms with Crippen molar-refractivity contribution in [3.05, 3.63) is 40.7 Å². The highest BCUT2D eigenvalue weighted by atomic mass is 16.6. The Bertz CT molecular complexity index is 1620.